The van der Waals surface area contributed by atoms with Crippen LogP contribution in [0, 0.1) is 0 Å². The van der Waals surface area contributed by atoms with Gasteiger partial charge in [0.2, 0.25) is 0 Å². The molecule has 1 unspecified atom stereocenters. The van der Waals surface area contributed by atoms with Crippen LogP contribution in [-0.4, -0.2) is 36.1 Å². The minimum Gasteiger partial charge on any atom is -0.493 e. The molecule has 6 heteroatoms. The van der Waals surface area contributed by atoms with Gasteiger partial charge in [-0.05, 0) is 35.6 Å². The van der Waals surface area contributed by atoms with Gasteiger partial charge in [0.15, 0.2) is 22.8 Å². The number of hydrogen-bond acceptors (Lipinski definition) is 5. The smallest absolute Gasteiger partial charge is 0.331 e. The average molecular weight is 524 g/mol. The van der Waals surface area contributed by atoms with Crippen LogP contribution in [0.25, 0.3) is 0 Å². The fraction of sp³-hybridized carbons (Fsp3) is 0.212. The minimum absolute atomic E-state index is 0.261. The van der Waals surface area contributed by atoms with Crippen molar-refractivity contribution in [1.29, 1.82) is 0 Å². The van der Waals surface area contributed by atoms with Crippen molar-refractivity contribution < 1.29 is 24.2 Å². The highest BCUT2D eigenvalue weighted by molar-refractivity contribution is 6.11. The summed E-state index contributed by atoms with van der Waals surface area (Å²) in [5, 5.41) is 10.3. The zero-order valence-corrected chi connectivity index (χ0v) is 22.0. The molecule has 0 saturated carbocycles. The molecular formula is C33H33NO5. The number of ether oxygens (including phenoxy) is 2. The molecule has 0 saturated heterocycles. The summed E-state index contributed by atoms with van der Waals surface area (Å²) in [6, 6.07) is 33.5. The maximum atomic E-state index is 14.1. The lowest BCUT2D eigenvalue weighted by Gasteiger charge is -2.29. The maximum Gasteiger partial charge on any atom is 0.331 e. The van der Waals surface area contributed by atoms with E-state index in [0.717, 1.165) is 12.8 Å². The van der Waals surface area contributed by atoms with Gasteiger partial charge in [0.25, 0.3) is 0 Å². The van der Waals surface area contributed by atoms with Crippen LogP contribution in [0.15, 0.2) is 109 Å². The van der Waals surface area contributed by atoms with E-state index in [0.29, 0.717) is 34.8 Å². The first kappa shape index (κ1) is 27.6. The number of ketones is 1. The number of nitrogens with two attached hydrogens (primary N) is 1. The molecule has 39 heavy (non-hydrogen) atoms. The quantitative estimate of drug-likeness (QED) is 0.179. The largest absolute Gasteiger partial charge is 0.493 e. The topological polar surface area (TPSA) is 98.9 Å². The predicted molar refractivity (Wildman–Crippen MR) is 151 cm³/mol. The number of aryl methyl sites for hydroxylation is 1. The molecular weight excluding hydrogens is 490 g/mol. The molecule has 4 rings (SSSR count). The average Bonchev–Trinajstić information content (AvgIpc) is 2.97. The van der Waals surface area contributed by atoms with Gasteiger partial charge in [0, 0.05) is 12.0 Å². The number of para-hydroxylation sites is 1. The Bertz CT molecular complexity index is 1340. The standard InChI is InChI=1S/C33H33NO5/c1-38-28-21-11-20-27(30(28)39-22-12-15-24-13-5-2-6-14-24)23-33(34,32(36)37)31(35)29(25-16-7-3-8-17-25)26-18-9-4-10-19-26/h2-11,13-14,16-21,29H,12,15,22-23,34H2,1H3,(H,36,37). The summed E-state index contributed by atoms with van der Waals surface area (Å²) in [5.41, 5.74) is 7.36. The lowest BCUT2D eigenvalue weighted by Crippen LogP contribution is -2.58. The number of carboxylic acids is 1. The fourth-order valence-corrected chi connectivity index (χ4v) is 4.73. The number of carbonyl (C=O) groups is 2. The summed E-state index contributed by atoms with van der Waals surface area (Å²) in [6.45, 7) is 0.386. The lowest BCUT2D eigenvalue weighted by atomic mass is 9.76. The molecule has 200 valence electrons. The minimum atomic E-state index is -2.22. The number of Topliss-reactive ketones (excluding diaryl/α,β-unsaturated/α-hetero) is 1. The SMILES string of the molecule is COc1cccc(CC(N)(C(=O)O)C(=O)C(c2ccccc2)c2ccccc2)c1OCCCc1ccccc1. The van der Waals surface area contributed by atoms with Crippen molar-refractivity contribution in [3.8, 4) is 11.5 Å². The summed E-state index contributed by atoms with van der Waals surface area (Å²) in [7, 11) is 1.52. The summed E-state index contributed by atoms with van der Waals surface area (Å²) in [6.07, 6.45) is 1.31. The molecule has 0 fully saturated rings. The second kappa shape index (κ2) is 12.9. The van der Waals surface area contributed by atoms with Crippen molar-refractivity contribution in [1.82, 2.24) is 0 Å². The number of hydrogen-bond donors (Lipinski definition) is 2. The summed E-state index contributed by atoms with van der Waals surface area (Å²) in [4.78, 5) is 26.8. The first-order valence-corrected chi connectivity index (χ1v) is 12.9. The maximum absolute atomic E-state index is 14.1. The number of benzene rings is 4. The molecule has 4 aromatic rings. The van der Waals surface area contributed by atoms with Gasteiger partial charge in [-0.15, -0.1) is 0 Å². The second-order valence-electron chi connectivity index (χ2n) is 9.46. The van der Waals surface area contributed by atoms with Gasteiger partial charge in [0.05, 0.1) is 19.6 Å². The van der Waals surface area contributed by atoms with Crippen molar-refractivity contribution >= 4 is 11.8 Å². The first-order chi connectivity index (χ1) is 18.9. The van der Waals surface area contributed by atoms with E-state index >= 15 is 0 Å². The third kappa shape index (κ3) is 6.54. The van der Waals surface area contributed by atoms with Gasteiger partial charge in [-0.3, -0.25) is 4.79 Å². The van der Waals surface area contributed by atoms with Crippen LogP contribution < -0.4 is 15.2 Å². The number of aliphatic carboxylic acids is 1. The Morgan fingerprint density at radius 3 is 1.92 bits per heavy atom. The van der Waals surface area contributed by atoms with Crippen LogP contribution >= 0.6 is 0 Å². The van der Waals surface area contributed by atoms with Crippen LogP contribution in [0.2, 0.25) is 0 Å². The van der Waals surface area contributed by atoms with Crippen LogP contribution in [0.4, 0.5) is 0 Å². The fourth-order valence-electron chi connectivity index (χ4n) is 4.73. The monoisotopic (exact) mass is 523 g/mol. The normalized spacial score (nSPS) is 12.5. The number of carbonyl (C=O) groups excluding carboxylic acids is 1. The van der Waals surface area contributed by atoms with Gasteiger partial charge in [0.1, 0.15) is 0 Å². The van der Waals surface area contributed by atoms with E-state index in [9.17, 15) is 14.7 Å². The molecule has 1 atom stereocenters. The molecule has 0 bridgehead atoms. The molecule has 0 heterocycles. The van der Waals surface area contributed by atoms with E-state index in [1.165, 1.54) is 12.7 Å². The summed E-state index contributed by atoms with van der Waals surface area (Å²) in [5.74, 6) is -2.01. The zero-order valence-electron chi connectivity index (χ0n) is 22.0. The van der Waals surface area contributed by atoms with Crippen molar-refractivity contribution in [3.05, 3.63) is 131 Å². The molecule has 0 radical (unpaired) electrons. The van der Waals surface area contributed by atoms with Gasteiger partial charge in [-0.25, -0.2) is 4.79 Å². The van der Waals surface area contributed by atoms with Crippen molar-refractivity contribution in [2.75, 3.05) is 13.7 Å². The van der Waals surface area contributed by atoms with Crippen molar-refractivity contribution in [2.24, 2.45) is 5.73 Å². The Morgan fingerprint density at radius 1 is 0.821 bits per heavy atom. The van der Waals surface area contributed by atoms with E-state index in [4.69, 9.17) is 15.2 Å². The van der Waals surface area contributed by atoms with Crippen LogP contribution in [-0.2, 0) is 22.4 Å². The van der Waals surface area contributed by atoms with E-state index in [1.807, 2.05) is 78.9 Å². The van der Waals surface area contributed by atoms with Crippen molar-refractivity contribution in [3.63, 3.8) is 0 Å². The van der Waals surface area contributed by atoms with Gasteiger partial charge < -0.3 is 20.3 Å². The predicted octanol–water partition coefficient (Wildman–Crippen LogP) is 5.43. The molecule has 0 spiro atoms. The third-order valence-electron chi connectivity index (χ3n) is 6.80. The van der Waals surface area contributed by atoms with E-state index in [1.54, 1.807) is 18.2 Å². The molecule has 0 aliphatic heterocycles. The van der Waals surface area contributed by atoms with E-state index < -0.39 is 23.2 Å². The Kier molecular flexibility index (Phi) is 9.13. The Labute approximate surface area is 229 Å². The van der Waals surface area contributed by atoms with Gasteiger partial charge in [-0.2, -0.15) is 0 Å². The molecule has 4 aromatic carbocycles. The highest BCUT2D eigenvalue weighted by atomic mass is 16.5. The second-order valence-corrected chi connectivity index (χ2v) is 9.46. The van der Waals surface area contributed by atoms with Gasteiger partial charge in [-0.1, -0.05) is 103 Å². The highest BCUT2D eigenvalue weighted by Gasteiger charge is 2.47. The van der Waals surface area contributed by atoms with Crippen LogP contribution in [0.5, 0.6) is 11.5 Å². The lowest BCUT2D eigenvalue weighted by molar-refractivity contribution is -0.148. The van der Waals surface area contributed by atoms with Gasteiger partial charge >= 0.3 is 5.97 Å². The molecule has 0 aromatic heterocycles. The summed E-state index contributed by atoms with van der Waals surface area (Å²) >= 11 is 0. The molecule has 6 nitrogen and oxygen atoms in total. The third-order valence-corrected chi connectivity index (χ3v) is 6.80. The van der Waals surface area contributed by atoms with Crippen molar-refractivity contribution in [2.45, 2.75) is 30.7 Å². The molecule has 0 aliphatic rings. The first-order valence-electron chi connectivity index (χ1n) is 12.9. The Balaban J connectivity index is 1.63. The Morgan fingerprint density at radius 2 is 1.38 bits per heavy atom. The number of methoxy groups -OCH3 is 1. The number of carboxylic acid groups (broad SMARTS) is 1. The van der Waals surface area contributed by atoms with E-state index in [-0.39, 0.29) is 6.42 Å². The highest BCUT2D eigenvalue weighted by Crippen LogP contribution is 2.36. The summed E-state index contributed by atoms with van der Waals surface area (Å²) < 4.78 is 11.7. The number of rotatable bonds is 13. The molecule has 3 N–H and O–H groups in total. The molecule has 0 aliphatic carbocycles. The van der Waals surface area contributed by atoms with Crippen LogP contribution in [0.1, 0.15) is 34.6 Å². The van der Waals surface area contributed by atoms with E-state index in [2.05, 4.69) is 12.1 Å². The zero-order chi connectivity index (χ0) is 27.7. The van der Waals surface area contributed by atoms with Crippen LogP contribution in [0.3, 0.4) is 0 Å². The molecule has 0 amide bonds. The Hall–Kier alpha value is -4.42.